The summed E-state index contributed by atoms with van der Waals surface area (Å²) in [5.74, 6) is 0. The number of urea groups is 1. The summed E-state index contributed by atoms with van der Waals surface area (Å²) in [5, 5.41) is 0. The fraction of sp³-hybridized carbons (Fsp3) is 0.364. The van der Waals surface area contributed by atoms with E-state index < -0.39 is 27.1 Å². The van der Waals surface area contributed by atoms with Crippen molar-refractivity contribution in [1.82, 2.24) is 9.84 Å². The van der Waals surface area contributed by atoms with Gasteiger partial charge in [-0.05, 0) is 25.1 Å². The summed E-state index contributed by atoms with van der Waals surface area (Å²) < 4.78 is 37.5. The van der Waals surface area contributed by atoms with E-state index in [1.165, 1.54) is 12.1 Å². The first-order chi connectivity index (χ1) is 9.99. The number of amides is 2. The van der Waals surface area contributed by atoms with Crippen LogP contribution in [-0.4, -0.2) is 19.7 Å². The zero-order chi connectivity index (χ0) is 16.7. The Bertz CT molecular complexity index is 582. The van der Waals surface area contributed by atoms with Gasteiger partial charge in [-0.25, -0.2) is 4.79 Å². The van der Waals surface area contributed by atoms with Crippen LogP contribution in [0, 0.1) is 0 Å². The minimum absolute atomic E-state index is 0.0900. The fourth-order valence-corrected chi connectivity index (χ4v) is 3.08. The normalized spacial score (nSPS) is 20.0. The van der Waals surface area contributed by atoms with E-state index in [2.05, 4.69) is 5.43 Å². The summed E-state index contributed by atoms with van der Waals surface area (Å²) in [6.07, 6.45) is -5.10. The predicted octanol–water partition coefficient (Wildman–Crippen LogP) is 4.77. The van der Waals surface area contributed by atoms with Crippen molar-refractivity contribution in [2.45, 2.75) is 22.4 Å². The molecule has 2 amide bonds. The number of benzene rings is 1. The lowest BCUT2D eigenvalue weighted by molar-refractivity contribution is -0.137. The number of rotatable bonds is 2. The molecule has 1 unspecified atom stereocenters. The molecule has 0 aliphatic carbocycles. The predicted molar refractivity (Wildman–Crippen MR) is 81.6 cm³/mol. The van der Waals surface area contributed by atoms with Crippen molar-refractivity contribution in [2.24, 2.45) is 0 Å². The maximum absolute atomic E-state index is 12.8. The topological polar surface area (TPSA) is 35.6 Å². The van der Waals surface area contributed by atoms with E-state index in [0.29, 0.717) is 11.9 Å². The highest BCUT2D eigenvalue weighted by Crippen LogP contribution is 2.42. The Morgan fingerprint density at radius 2 is 1.91 bits per heavy atom. The number of carbonyl (C=O) groups excluding carboxylic acids is 1. The van der Waals surface area contributed by atoms with Crippen molar-refractivity contribution in [3.63, 3.8) is 0 Å². The molecule has 1 aromatic rings. The third kappa shape index (κ3) is 4.05. The van der Waals surface area contributed by atoms with Gasteiger partial charge in [0.25, 0.3) is 3.12 Å². The molecule has 22 heavy (non-hydrogen) atoms. The number of nitrogens with zero attached hydrogens (tertiary/aromatic N) is 2. The second-order valence-corrected chi connectivity index (χ2v) is 8.45. The number of anilines is 1. The molecule has 1 heterocycles. The summed E-state index contributed by atoms with van der Waals surface area (Å²) in [7, 11) is 0. The minimum atomic E-state index is -4.50. The highest BCUT2D eigenvalue weighted by atomic mass is 35.6. The largest absolute Gasteiger partial charge is 0.416 e. The number of nitrogens with one attached hydrogen (secondary N) is 1. The van der Waals surface area contributed by atoms with Gasteiger partial charge in [0.2, 0.25) is 0 Å². The van der Waals surface area contributed by atoms with Crippen LogP contribution in [0.15, 0.2) is 24.3 Å². The van der Waals surface area contributed by atoms with E-state index in [1.807, 2.05) is 0 Å². The molecule has 1 fully saturated rings. The van der Waals surface area contributed by atoms with E-state index in [9.17, 15) is 18.0 Å². The Hall–Kier alpha value is -0.540. The van der Waals surface area contributed by atoms with E-state index in [1.54, 1.807) is 6.92 Å². The van der Waals surface area contributed by atoms with Gasteiger partial charge >= 0.3 is 12.2 Å². The molecule has 0 aromatic heterocycles. The van der Waals surface area contributed by atoms with Crippen molar-refractivity contribution >= 4 is 58.5 Å². The van der Waals surface area contributed by atoms with Gasteiger partial charge < -0.3 is 0 Å². The monoisotopic (exact) mass is 393 g/mol. The van der Waals surface area contributed by atoms with Crippen LogP contribution in [0.5, 0.6) is 0 Å². The van der Waals surface area contributed by atoms with Crippen molar-refractivity contribution in [2.75, 3.05) is 4.90 Å². The highest BCUT2D eigenvalue weighted by Gasteiger charge is 2.41. The van der Waals surface area contributed by atoms with Gasteiger partial charge in [0.15, 0.2) is 0 Å². The lowest BCUT2D eigenvalue weighted by Crippen LogP contribution is -2.34. The molecule has 11 heteroatoms. The Labute approximate surface area is 143 Å². The van der Waals surface area contributed by atoms with Gasteiger partial charge in [-0.15, -0.1) is 0 Å². The number of hydrazine groups is 1. The van der Waals surface area contributed by atoms with Gasteiger partial charge in [0.05, 0.1) is 5.56 Å². The molecule has 1 aromatic carbocycles. The molecule has 0 bridgehead atoms. The molecule has 0 radical (unpaired) electrons. The van der Waals surface area contributed by atoms with Crippen LogP contribution in [0.2, 0.25) is 0 Å². The average molecular weight is 395 g/mol. The van der Waals surface area contributed by atoms with Gasteiger partial charge in [-0.1, -0.05) is 40.9 Å². The maximum atomic E-state index is 12.8. The first kappa shape index (κ1) is 17.8. The molecular weight excluding hydrogens is 386 g/mol. The molecule has 1 aliphatic rings. The number of hydrogen-bond donors (Lipinski definition) is 1. The van der Waals surface area contributed by atoms with Gasteiger partial charge in [0.1, 0.15) is 6.17 Å². The van der Waals surface area contributed by atoms with Crippen LogP contribution in [0.1, 0.15) is 12.5 Å². The second kappa shape index (κ2) is 6.16. The smallest absolute Gasteiger partial charge is 0.275 e. The van der Waals surface area contributed by atoms with Crippen molar-refractivity contribution in [3.8, 4) is 0 Å². The van der Waals surface area contributed by atoms with Crippen LogP contribution in [0.3, 0.4) is 0 Å². The average Bonchev–Trinajstić information content (AvgIpc) is 2.61. The Balaban J connectivity index is 2.28. The van der Waals surface area contributed by atoms with E-state index in [0.717, 1.165) is 21.4 Å². The lowest BCUT2D eigenvalue weighted by atomic mass is 10.2. The molecule has 1 N–H and O–H groups in total. The summed E-state index contributed by atoms with van der Waals surface area (Å²) in [4.78, 5) is 13.4. The number of alkyl halides is 6. The first-order valence-corrected chi connectivity index (χ1v) is 7.72. The number of halogens is 6. The van der Waals surface area contributed by atoms with Gasteiger partial charge in [0, 0.05) is 17.6 Å². The van der Waals surface area contributed by atoms with E-state index >= 15 is 0 Å². The van der Waals surface area contributed by atoms with E-state index in [-0.39, 0.29) is 5.69 Å². The molecule has 1 atom stereocenters. The minimum Gasteiger partial charge on any atom is -0.275 e. The van der Waals surface area contributed by atoms with Crippen LogP contribution in [0.4, 0.5) is 23.7 Å². The van der Waals surface area contributed by atoms with Gasteiger partial charge in [-0.3, -0.25) is 4.90 Å². The SMILES string of the molecule is CC1NN(SC(Cl)(Cl)Cl)C(=O)N1c1cccc(C(F)(F)F)c1. The Morgan fingerprint density at radius 3 is 2.45 bits per heavy atom. The summed E-state index contributed by atoms with van der Waals surface area (Å²) in [6, 6.07) is 3.80. The summed E-state index contributed by atoms with van der Waals surface area (Å²) in [5.41, 5.74) is 1.95. The standard InChI is InChI=1S/C11H9Cl3F3N3OS/c1-6-18-20(22-11(12,13)14)9(21)19(6)8-4-2-3-7(5-8)10(15,16)17/h2-6,18H,1H3. The summed E-state index contributed by atoms with van der Waals surface area (Å²) >= 11 is 17.4. The molecular formula is C11H9Cl3F3N3OS. The quantitative estimate of drug-likeness (QED) is 0.579. The van der Waals surface area contributed by atoms with Crippen LogP contribution in [-0.2, 0) is 6.18 Å². The first-order valence-electron chi connectivity index (χ1n) is 5.81. The third-order valence-electron chi connectivity index (χ3n) is 2.72. The fourth-order valence-electron chi connectivity index (χ4n) is 1.88. The molecule has 122 valence electrons. The Kier molecular flexibility index (Phi) is 4.99. The molecule has 0 spiro atoms. The van der Waals surface area contributed by atoms with Crippen LogP contribution in [0.25, 0.3) is 0 Å². The van der Waals surface area contributed by atoms with Crippen LogP contribution >= 0.6 is 46.8 Å². The maximum Gasteiger partial charge on any atom is 0.416 e. The van der Waals surface area contributed by atoms with Crippen molar-refractivity contribution < 1.29 is 18.0 Å². The van der Waals surface area contributed by atoms with Crippen molar-refractivity contribution in [1.29, 1.82) is 0 Å². The lowest BCUT2D eigenvalue weighted by Gasteiger charge is -2.20. The molecule has 0 saturated carbocycles. The zero-order valence-corrected chi connectivity index (χ0v) is 13.9. The molecule has 2 rings (SSSR count). The van der Waals surface area contributed by atoms with Crippen LogP contribution < -0.4 is 10.3 Å². The Morgan fingerprint density at radius 1 is 1.27 bits per heavy atom. The molecule has 1 aliphatic heterocycles. The number of hydrogen-bond acceptors (Lipinski definition) is 3. The molecule has 1 saturated heterocycles. The number of carbonyl (C=O) groups is 1. The van der Waals surface area contributed by atoms with Gasteiger partial charge in [-0.2, -0.15) is 23.0 Å². The third-order valence-corrected chi connectivity index (χ3v) is 3.99. The highest BCUT2D eigenvalue weighted by molar-refractivity contribution is 8.03. The second-order valence-electron chi connectivity index (χ2n) is 4.34. The molecule has 4 nitrogen and oxygen atoms in total. The van der Waals surface area contributed by atoms with E-state index in [4.69, 9.17) is 34.8 Å². The zero-order valence-electron chi connectivity index (χ0n) is 10.9. The van der Waals surface area contributed by atoms with Crippen molar-refractivity contribution in [3.05, 3.63) is 29.8 Å². The summed E-state index contributed by atoms with van der Waals surface area (Å²) in [6.45, 7) is 1.59.